The number of para-hydroxylation sites is 1. The van der Waals surface area contributed by atoms with Crippen molar-refractivity contribution in [1.82, 2.24) is 0 Å². The molecule has 1 aliphatic heterocycles. The summed E-state index contributed by atoms with van der Waals surface area (Å²) >= 11 is 0. The smallest absolute Gasteiger partial charge is 0.0664 e. The Hall–Kier alpha value is -1.15. The van der Waals surface area contributed by atoms with Crippen molar-refractivity contribution in [3.8, 4) is 0 Å². The van der Waals surface area contributed by atoms with Crippen molar-refractivity contribution in [3.63, 3.8) is 0 Å². The van der Waals surface area contributed by atoms with E-state index in [0.29, 0.717) is 0 Å². The summed E-state index contributed by atoms with van der Waals surface area (Å²) in [6, 6.07) is 8.21. The Labute approximate surface area is 77.9 Å². The van der Waals surface area contributed by atoms with Gasteiger partial charge < -0.3 is 5.11 Å². The average Bonchev–Trinajstić information content (AvgIpc) is 2.57. The molecule has 1 heterocycles. The Morgan fingerprint density at radius 1 is 1.31 bits per heavy atom. The molecule has 0 saturated carbocycles. The van der Waals surface area contributed by atoms with Gasteiger partial charge in [0.15, 0.2) is 0 Å². The third-order valence-corrected chi connectivity index (χ3v) is 2.29. The standard InChI is InChI=1S/C11H13NO/c13-7-3-5-10-8-9-4-1-2-6-11(9)12-10/h1-2,4,6,13H,3,5,7-8H2. The second-order valence-corrected chi connectivity index (χ2v) is 3.31. The van der Waals surface area contributed by atoms with E-state index in [0.717, 1.165) is 24.9 Å². The first kappa shape index (κ1) is 8.45. The van der Waals surface area contributed by atoms with Crippen LogP contribution < -0.4 is 0 Å². The summed E-state index contributed by atoms with van der Waals surface area (Å²) in [6.45, 7) is 0.259. The summed E-state index contributed by atoms with van der Waals surface area (Å²) in [6.07, 6.45) is 2.72. The van der Waals surface area contributed by atoms with E-state index in [9.17, 15) is 0 Å². The zero-order valence-corrected chi connectivity index (χ0v) is 7.53. The molecule has 0 atom stereocenters. The monoisotopic (exact) mass is 175 g/mol. The van der Waals surface area contributed by atoms with Crippen LogP contribution in [-0.2, 0) is 6.42 Å². The molecule has 0 amide bonds. The van der Waals surface area contributed by atoms with Crippen molar-refractivity contribution in [2.75, 3.05) is 6.61 Å². The number of hydrogen-bond acceptors (Lipinski definition) is 2. The fraction of sp³-hybridized carbons (Fsp3) is 0.364. The van der Waals surface area contributed by atoms with E-state index >= 15 is 0 Å². The van der Waals surface area contributed by atoms with Crippen molar-refractivity contribution in [2.45, 2.75) is 19.3 Å². The molecule has 1 N–H and O–H groups in total. The lowest BCUT2D eigenvalue weighted by molar-refractivity contribution is 0.291. The van der Waals surface area contributed by atoms with Gasteiger partial charge in [0.2, 0.25) is 0 Å². The molecule has 13 heavy (non-hydrogen) atoms. The Bertz CT molecular complexity index is 331. The first-order valence-corrected chi connectivity index (χ1v) is 4.65. The molecule has 68 valence electrons. The van der Waals surface area contributed by atoms with Gasteiger partial charge in [-0.1, -0.05) is 18.2 Å². The molecular formula is C11H13NO. The van der Waals surface area contributed by atoms with E-state index in [1.165, 1.54) is 11.3 Å². The Morgan fingerprint density at radius 3 is 2.92 bits per heavy atom. The highest BCUT2D eigenvalue weighted by atomic mass is 16.2. The molecule has 2 heteroatoms. The normalized spacial score (nSPS) is 14.1. The molecule has 0 radical (unpaired) electrons. The molecule has 1 aromatic carbocycles. The van der Waals surface area contributed by atoms with E-state index in [-0.39, 0.29) is 6.61 Å². The number of aliphatic hydroxyl groups is 1. The van der Waals surface area contributed by atoms with Gasteiger partial charge in [0.05, 0.1) is 5.69 Å². The van der Waals surface area contributed by atoms with Crippen LogP contribution in [0.2, 0.25) is 0 Å². The van der Waals surface area contributed by atoms with Crippen LogP contribution in [0.1, 0.15) is 18.4 Å². The molecule has 0 saturated heterocycles. The van der Waals surface area contributed by atoms with Crippen molar-refractivity contribution in [1.29, 1.82) is 0 Å². The Kier molecular flexibility index (Phi) is 2.41. The summed E-state index contributed by atoms with van der Waals surface area (Å²) in [5.41, 5.74) is 3.63. The van der Waals surface area contributed by atoms with Gasteiger partial charge in [-0.15, -0.1) is 0 Å². The van der Waals surface area contributed by atoms with Gasteiger partial charge in [0, 0.05) is 18.7 Å². The van der Waals surface area contributed by atoms with E-state index < -0.39 is 0 Å². The van der Waals surface area contributed by atoms with Crippen molar-refractivity contribution >= 4 is 11.4 Å². The molecule has 0 spiro atoms. The summed E-state index contributed by atoms with van der Waals surface area (Å²) in [7, 11) is 0. The number of aliphatic imine (C=N–C) groups is 1. The van der Waals surface area contributed by atoms with Gasteiger partial charge >= 0.3 is 0 Å². The van der Waals surface area contributed by atoms with Crippen molar-refractivity contribution in [2.24, 2.45) is 4.99 Å². The number of nitrogens with zero attached hydrogens (tertiary/aromatic N) is 1. The van der Waals surface area contributed by atoms with Gasteiger partial charge in [-0.3, -0.25) is 4.99 Å². The predicted octanol–water partition coefficient (Wildman–Crippen LogP) is 2.09. The highest BCUT2D eigenvalue weighted by Crippen LogP contribution is 2.26. The molecular weight excluding hydrogens is 162 g/mol. The fourth-order valence-corrected chi connectivity index (χ4v) is 1.63. The third kappa shape index (κ3) is 1.78. The van der Waals surface area contributed by atoms with Gasteiger partial charge in [-0.05, 0) is 24.5 Å². The number of hydrogen-bond donors (Lipinski definition) is 1. The molecule has 0 aliphatic carbocycles. The van der Waals surface area contributed by atoms with Crippen LogP contribution in [-0.4, -0.2) is 17.4 Å². The van der Waals surface area contributed by atoms with Crippen LogP contribution in [0.3, 0.4) is 0 Å². The molecule has 0 bridgehead atoms. The van der Waals surface area contributed by atoms with Crippen LogP contribution >= 0.6 is 0 Å². The average molecular weight is 175 g/mol. The maximum atomic E-state index is 8.69. The largest absolute Gasteiger partial charge is 0.396 e. The molecule has 0 unspecified atom stereocenters. The number of fused-ring (bicyclic) bond motifs is 1. The number of aliphatic hydroxyl groups excluding tert-OH is 1. The Balaban J connectivity index is 2.08. The van der Waals surface area contributed by atoms with Crippen LogP contribution in [0.25, 0.3) is 0 Å². The highest BCUT2D eigenvalue weighted by Gasteiger charge is 2.12. The van der Waals surface area contributed by atoms with Crippen LogP contribution in [0.5, 0.6) is 0 Å². The lowest BCUT2D eigenvalue weighted by Crippen LogP contribution is -1.98. The lowest BCUT2D eigenvalue weighted by Gasteiger charge is -1.96. The predicted molar refractivity (Wildman–Crippen MR) is 53.6 cm³/mol. The van der Waals surface area contributed by atoms with E-state index in [1.54, 1.807) is 0 Å². The zero-order chi connectivity index (χ0) is 9.10. The minimum atomic E-state index is 0.259. The first-order valence-electron chi connectivity index (χ1n) is 4.65. The summed E-state index contributed by atoms with van der Waals surface area (Å²) < 4.78 is 0. The molecule has 2 nitrogen and oxygen atoms in total. The van der Waals surface area contributed by atoms with Gasteiger partial charge in [0.1, 0.15) is 0 Å². The van der Waals surface area contributed by atoms with Crippen molar-refractivity contribution < 1.29 is 5.11 Å². The van der Waals surface area contributed by atoms with Gasteiger partial charge in [0.25, 0.3) is 0 Å². The minimum absolute atomic E-state index is 0.259. The van der Waals surface area contributed by atoms with Crippen molar-refractivity contribution in [3.05, 3.63) is 29.8 Å². The number of rotatable bonds is 3. The highest BCUT2D eigenvalue weighted by molar-refractivity contribution is 5.93. The second kappa shape index (κ2) is 3.71. The van der Waals surface area contributed by atoms with E-state index in [4.69, 9.17) is 5.11 Å². The SMILES string of the molecule is OCCCC1=Nc2ccccc2C1. The second-order valence-electron chi connectivity index (χ2n) is 3.31. The van der Waals surface area contributed by atoms with Crippen LogP contribution in [0.4, 0.5) is 5.69 Å². The van der Waals surface area contributed by atoms with Crippen LogP contribution in [0.15, 0.2) is 29.3 Å². The molecule has 0 aromatic heterocycles. The molecule has 1 aliphatic rings. The zero-order valence-electron chi connectivity index (χ0n) is 7.53. The summed E-state index contributed by atoms with van der Waals surface area (Å²) in [4.78, 5) is 4.49. The quantitative estimate of drug-likeness (QED) is 0.749. The van der Waals surface area contributed by atoms with Gasteiger partial charge in [-0.25, -0.2) is 0 Å². The van der Waals surface area contributed by atoms with E-state index in [1.807, 2.05) is 18.2 Å². The maximum absolute atomic E-state index is 8.69. The molecule has 2 rings (SSSR count). The lowest BCUT2D eigenvalue weighted by atomic mass is 10.1. The topological polar surface area (TPSA) is 32.6 Å². The van der Waals surface area contributed by atoms with E-state index in [2.05, 4.69) is 11.1 Å². The summed E-state index contributed by atoms with van der Waals surface area (Å²) in [5, 5.41) is 8.69. The summed E-state index contributed by atoms with van der Waals surface area (Å²) in [5.74, 6) is 0. The molecule has 1 aromatic rings. The van der Waals surface area contributed by atoms with Crippen LogP contribution in [0, 0.1) is 0 Å². The third-order valence-electron chi connectivity index (χ3n) is 2.29. The fourth-order valence-electron chi connectivity index (χ4n) is 1.63. The first-order chi connectivity index (χ1) is 6.40. The maximum Gasteiger partial charge on any atom is 0.0664 e. The number of benzene rings is 1. The Morgan fingerprint density at radius 2 is 2.15 bits per heavy atom. The minimum Gasteiger partial charge on any atom is -0.396 e. The molecule has 0 fully saturated rings. The van der Waals surface area contributed by atoms with Gasteiger partial charge in [-0.2, -0.15) is 0 Å².